The maximum absolute atomic E-state index is 12.7. The van der Waals surface area contributed by atoms with E-state index in [9.17, 15) is 13.2 Å². The van der Waals surface area contributed by atoms with Crippen molar-refractivity contribution in [2.75, 3.05) is 20.7 Å². The molecule has 3 rings (SSSR count). The van der Waals surface area contributed by atoms with Crippen molar-refractivity contribution in [3.8, 4) is 5.75 Å². The second-order valence-corrected chi connectivity index (χ2v) is 8.87. The van der Waals surface area contributed by atoms with Crippen molar-refractivity contribution in [1.29, 1.82) is 0 Å². The summed E-state index contributed by atoms with van der Waals surface area (Å²) in [5.74, 6) is -0.212. The molecule has 0 aliphatic rings. The molecular formula is C21H20ClN3O4S. The molecule has 0 radical (unpaired) electrons. The number of nitrogens with one attached hydrogen (secondary N) is 1. The number of rotatable bonds is 7. The number of hydrogen-bond donors (Lipinski definition) is 1. The molecule has 0 fully saturated rings. The minimum atomic E-state index is -3.91. The first-order valence-electron chi connectivity index (χ1n) is 8.92. The lowest BCUT2D eigenvalue weighted by molar-refractivity contribution is -0.121. The first-order valence-corrected chi connectivity index (χ1v) is 10.7. The van der Waals surface area contributed by atoms with Crippen LogP contribution in [0.15, 0.2) is 70.7 Å². The molecule has 1 N–H and O–H groups in total. The normalized spacial score (nSPS) is 11.9. The van der Waals surface area contributed by atoms with E-state index in [2.05, 4.69) is 10.5 Å². The highest BCUT2D eigenvalue weighted by molar-refractivity contribution is 7.89. The van der Waals surface area contributed by atoms with Gasteiger partial charge in [-0.05, 0) is 29.0 Å². The van der Waals surface area contributed by atoms with E-state index in [1.807, 2.05) is 42.5 Å². The molecule has 0 bridgehead atoms. The molecule has 3 aromatic carbocycles. The van der Waals surface area contributed by atoms with E-state index in [0.29, 0.717) is 5.75 Å². The number of halogens is 1. The molecule has 3 aromatic rings. The number of benzene rings is 3. The number of carbonyl (C=O) groups excluding carboxylic acids is 1. The van der Waals surface area contributed by atoms with Crippen molar-refractivity contribution >= 4 is 44.5 Å². The van der Waals surface area contributed by atoms with Gasteiger partial charge in [0.15, 0.2) is 0 Å². The Bertz CT molecular complexity index is 1210. The fourth-order valence-corrected chi connectivity index (χ4v) is 4.32. The smallest absolute Gasteiger partial charge is 0.255 e. The second kappa shape index (κ2) is 9.25. The first-order chi connectivity index (χ1) is 14.3. The van der Waals surface area contributed by atoms with Crippen molar-refractivity contribution in [3.63, 3.8) is 0 Å². The average Bonchev–Trinajstić information content (AvgIpc) is 2.73. The van der Waals surface area contributed by atoms with Gasteiger partial charge in [-0.15, -0.1) is 0 Å². The van der Waals surface area contributed by atoms with E-state index in [0.717, 1.165) is 20.6 Å². The third-order valence-corrected chi connectivity index (χ3v) is 6.51. The zero-order valence-corrected chi connectivity index (χ0v) is 17.9. The van der Waals surface area contributed by atoms with Crippen LogP contribution in [0.1, 0.15) is 5.56 Å². The molecule has 0 heterocycles. The highest BCUT2D eigenvalue weighted by atomic mass is 35.5. The van der Waals surface area contributed by atoms with Crippen LogP contribution in [-0.2, 0) is 14.8 Å². The zero-order valence-electron chi connectivity index (χ0n) is 16.4. The molecule has 0 aliphatic carbocycles. The van der Waals surface area contributed by atoms with Gasteiger partial charge in [0, 0.05) is 12.6 Å². The van der Waals surface area contributed by atoms with Gasteiger partial charge in [0.1, 0.15) is 5.75 Å². The number of nitrogens with zero attached hydrogens (tertiary/aromatic N) is 2. The van der Waals surface area contributed by atoms with E-state index < -0.39 is 22.5 Å². The van der Waals surface area contributed by atoms with Gasteiger partial charge in [-0.1, -0.05) is 54.1 Å². The van der Waals surface area contributed by atoms with Gasteiger partial charge < -0.3 is 4.74 Å². The molecule has 9 heteroatoms. The Hall–Kier alpha value is -2.94. The van der Waals surface area contributed by atoms with Crippen LogP contribution in [0.5, 0.6) is 5.75 Å². The average molecular weight is 446 g/mol. The molecule has 0 atom stereocenters. The molecule has 0 saturated carbocycles. The molecule has 156 valence electrons. The fraction of sp³-hybridized carbons (Fsp3) is 0.143. The van der Waals surface area contributed by atoms with Crippen LogP contribution in [0.2, 0.25) is 5.02 Å². The summed E-state index contributed by atoms with van der Waals surface area (Å²) >= 11 is 6.01. The van der Waals surface area contributed by atoms with Crippen molar-refractivity contribution in [1.82, 2.24) is 9.73 Å². The second-order valence-electron chi connectivity index (χ2n) is 6.42. The van der Waals surface area contributed by atoms with Crippen molar-refractivity contribution < 1.29 is 17.9 Å². The van der Waals surface area contributed by atoms with Gasteiger partial charge >= 0.3 is 0 Å². The number of hydrogen-bond acceptors (Lipinski definition) is 5. The van der Waals surface area contributed by atoms with Crippen LogP contribution >= 0.6 is 11.6 Å². The van der Waals surface area contributed by atoms with Gasteiger partial charge in [0.05, 0.1) is 29.8 Å². The Balaban J connectivity index is 1.66. The van der Waals surface area contributed by atoms with E-state index in [4.69, 9.17) is 16.3 Å². The van der Waals surface area contributed by atoms with Crippen molar-refractivity contribution in [3.05, 3.63) is 71.2 Å². The summed E-state index contributed by atoms with van der Waals surface area (Å²) in [5.41, 5.74) is 3.19. The van der Waals surface area contributed by atoms with Gasteiger partial charge in [-0.25, -0.2) is 13.8 Å². The summed E-state index contributed by atoms with van der Waals surface area (Å²) in [6, 6.07) is 17.7. The summed E-state index contributed by atoms with van der Waals surface area (Å²) < 4.78 is 31.3. The summed E-state index contributed by atoms with van der Waals surface area (Å²) in [6.07, 6.45) is 1.53. The number of likely N-dealkylation sites (N-methyl/N-ethyl adjacent to an activating group) is 1. The van der Waals surface area contributed by atoms with Gasteiger partial charge in [0.25, 0.3) is 5.91 Å². The molecule has 0 spiro atoms. The lowest BCUT2D eigenvalue weighted by Crippen LogP contribution is -2.36. The summed E-state index contributed by atoms with van der Waals surface area (Å²) in [4.78, 5) is 12.1. The Kier molecular flexibility index (Phi) is 6.71. The molecule has 1 amide bonds. The first kappa shape index (κ1) is 21.8. The number of methoxy groups -OCH3 is 1. The van der Waals surface area contributed by atoms with Crippen LogP contribution in [-0.4, -0.2) is 45.5 Å². The molecule has 0 unspecified atom stereocenters. The minimum absolute atomic E-state index is 0.0390. The summed E-state index contributed by atoms with van der Waals surface area (Å²) in [7, 11) is -1.16. The van der Waals surface area contributed by atoms with E-state index in [-0.39, 0.29) is 9.92 Å². The molecule has 30 heavy (non-hydrogen) atoms. The van der Waals surface area contributed by atoms with E-state index >= 15 is 0 Å². The molecule has 0 aromatic heterocycles. The van der Waals surface area contributed by atoms with Crippen LogP contribution < -0.4 is 10.2 Å². The van der Waals surface area contributed by atoms with E-state index in [1.165, 1.54) is 38.6 Å². The largest absolute Gasteiger partial charge is 0.495 e. The number of hydrazone groups is 1. The van der Waals surface area contributed by atoms with Crippen LogP contribution in [0, 0.1) is 0 Å². The van der Waals surface area contributed by atoms with Crippen molar-refractivity contribution in [2.24, 2.45) is 5.10 Å². The monoisotopic (exact) mass is 445 g/mol. The number of fused-ring (bicyclic) bond motifs is 1. The predicted octanol–water partition coefficient (Wildman–Crippen LogP) is 3.27. The van der Waals surface area contributed by atoms with Crippen LogP contribution in [0.25, 0.3) is 10.8 Å². The highest BCUT2D eigenvalue weighted by Gasteiger charge is 2.23. The SMILES string of the molecule is COc1ccc(S(=O)(=O)N(C)CC(=O)N/N=C\c2cccc3ccccc23)cc1Cl. The molecule has 0 aliphatic heterocycles. The zero-order chi connectivity index (χ0) is 21.7. The van der Waals surface area contributed by atoms with Crippen LogP contribution in [0.3, 0.4) is 0 Å². The summed E-state index contributed by atoms with van der Waals surface area (Å²) in [6.45, 7) is -0.404. The van der Waals surface area contributed by atoms with Gasteiger partial charge in [-0.2, -0.15) is 9.41 Å². The third-order valence-electron chi connectivity index (χ3n) is 4.41. The molecule has 7 nitrogen and oxygen atoms in total. The number of ether oxygens (including phenoxy) is 1. The Morgan fingerprint density at radius 3 is 2.63 bits per heavy atom. The molecule has 0 saturated heterocycles. The predicted molar refractivity (Wildman–Crippen MR) is 118 cm³/mol. The Labute approximate surface area is 180 Å². The topological polar surface area (TPSA) is 88.1 Å². The quantitative estimate of drug-likeness (QED) is 0.446. The lowest BCUT2D eigenvalue weighted by atomic mass is 10.1. The van der Waals surface area contributed by atoms with Crippen molar-refractivity contribution in [2.45, 2.75) is 4.90 Å². The Morgan fingerprint density at radius 1 is 1.17 bits per heavy atom. The van der Waals surface area contributed by atoms with Gasteiger partial charge in [0.2, 0.25) is 10.0 Å². The fourth-order valence-electron chi connectivity index (χ4n) is 2.85. The minimum Gasteiger partial charge on any atom is -0.495 e. The Morgan fingerprint density at radius 2 is 1.90 bits per heavy atom. The van der Waals surface area contributed by atoms with Crippen LogP contribution in [0.4, 0.5) is 0 Å². The maximum atomic E-state index is 12.7. The maximum Gasteiger partial charge on any atom is 0.255 e. The van der Waals surface area contributed by atoms with E-state index in [1.54, 1.807) is 0 Å². The third kappa shape index (κ3) is 4.79. The lowest BCUT2D eigenvalue weighted by Gasteiger charge is -2.16. The van der Waals surface area contributed by atoms with Gasteiger partial charge in [-0.3, -0.25) is 4.79 Å². The number of carbonyl (C=O) groups is 1. The number of sulfonamides is 1. The molecular weight excluding hydrogens is 426 g/mol. The standard InChI is InChI=1S/C21H20ClN3O4S/c1-25(30(27,28)17-10-11-20(29-2)19(22)12-17)14-21(26)24-23-13-16-8-5-7-15-6-3-4-9-18(15)16/h3-13H,14H2,1-2H3,(H,24,26)/b23-13-. The summed E-state index contributed by atoms with van der Waals surface area (Å²) in [5, 5.41) is 6.16. The highest BCUT2D eigenvalue weighted by Crippen LogP contribution is 2.28. The number of amides is 1.